The van der Waals surface area contributed by atoms with Crippen molar-refractivity contribution in [2.75, 3.05) is 13.6 Å². The molecule has 1 atom stereocenters. The number of hydrogen-bond donors (Lipinski definition) is 2. The van der Waals surface area contributed by atoms with Crippen LogP contribution in [0.1, 0.15) is 12.5 Å². The van der Waals surface area contributed by atoms with Crippen LogP contribution in [0.2, 0.25) is 0 Å². The molecule has 7 heteroatoms. The van der Waals surface area contributed by atoms with Gasteiger partial charge in [0.25, 0.3) is 0 Å². The molecule has 0 aliphatic heterocycles. The first-order valence-electron chi connectivity index (χ1n) is 8.85. The number of hydrogen-bond acceptors (Lipinski definition) is 3. The van der Waals surface area contributed by atoms with Crippen molar-refractivity contribution in [3.63, 3.8) is 0 Å². The van der Waals surface area contributed by atoms with E-state index < -0.39 is 0 Å². The van der Waals surface area contributed by atoms with Gasteiger partial charge in [0.05, 0.1) is 12.1 Å². The van der Waals surface area contributed by atoms with Gasteiger partial charge in [0.15, 0.2) is 5.96 Å². The summed E-state index contributed by atoms with van der Waals surface area (Å²) in [6, 6.07) is 16.2. The molecule has 0 bridgehead atoms. The van der Waals surface area contributed by atoms with Crippen molar-refractivity contribution in [3.8, 4) is 5.75 Å². The molecule has 1 heterocycles. The first-order valence-corrected chi connectivity index (χ1v) is 8.85. The molecule has 1 unspecified atom stereocenters. The molecule has 0 aliphatic rings. The Morgan fingerprint density at radius 1 is 1.14 bits per heavy atom. The summed E-state index contributed by atoms with van der Waals surface area (Å²) < 4.78 is 18.9. The van der Waals surface area contributed by atoms with E-state index in [2.05, 4.69) is 20.6 Å². The maximum absolute atomic E-state index is 13.2. The van der Waals surface area contributed by atoms with Crippen LogP contribution in [0.15, 0.2) is 65.8 Å². The lowest BCUT2D eigenvalue weighted by Gasteiger charge is -2.18. The number of halogens is 2. The van der Waals surface area contributed by atoms with Crippen LogP contribution < -0.4 is 15.4 Å². The van der Waals surface area contributed by atoms with Crippen molar-refractivity contribution < 1.29 is 9.13 Å². The van der Waals surface area contributed by atoms with Gasteiger partial charge in [-0.3, -0.25) is 9.98 Å². The summed E-state index contributed by atoms with van der Waals surface area (Å²) in [6.45, 7) is 3.05. The van der Waals surface area contributed by atoms with Crippen LogP contribution in [0, 0.1) is 5.82 Å². The van der Waals surface area contributed by atoms with Crippen LogP contribution >= 0.6 is 24.0 Å². The number of nitrogens with zero attached hydrogens (tertiary/aromatic N) is 2. The van der Waals surface area contributed by atoms with Crippen LogP contribution in [0.5, 0.6) is 5.75 Å². The maximum Gasteiger partial charge on any atom is 0.191 e. The molecule has 0 saturated carbocycles. The zero-order chi connectivity index (χ0) is 19.1. The molecule has 0 aliphatic carbocycles. The van der Waals surface area contributed by atoms with Gasteiger partial charge >= 0.3 is 0 Å². The van der Waals surface area contributed by atoms with Crippen LogP contribution in [0.25, 0.3) is 10.9 Å². The fourth-order valence-electron chi connectivity index (χ4n) is 2.76. The third-order valence-electron chi connectivity index (χ3n) is 4.08. The Bertz CT molecular complexity index is 930. The summed E-state index contributed by atoms with van der Waals surface area (Å²) in [7, 11) is 1.72. The predicted molar refractivity (Wildman–Crippen MR) is 122 cm³/mol. The van der Waals surface area contributed by atoms with Crippen LogP contribution in [-0.4, -0.2) is 30.6 Å². The third kappa shape index (κ3) is 6.05. The highest BCUT2D eigenvalue weighted by atomic mass is 127. The highest BCUT2D eigenvalue weighted by Crippen LogP contribution is 2.15. The number of rotatable bonds is 6. The number of guanidine groups is 1. The summed E-state index contributed by atoms with van der Waals surface area (Å²) in [5.74, 6) is 0.862. The maximum atomic E-state index is 13.2. The van der Waals surface area contributed by atoms with E-state index in [1.54, 1.807) is 25.4 Å². The summed E-state index contributed by atoms with van der Waals surface area (Å²) in [5.41, 5.74) is 2.07. The summed E-state index contributed by atoms with van der Waals surface area (Å²) >= 11 is 0. The molecular formula is C21H24FIN4O. The SMILES string of the molecule is CN=C(NCc1cccc2cccnc12)NCC(C)Oc1cccc(F)c1.I. The number of ether oxygens (including phenoxy) is 1. The van der Waals surface area contributed by atoms with Crippen molar-refractivity contribution in [2.24, 2.45) is 4.99 Å². The smallest absolute Gasteiger partial charge is 0.191 e. The summed E-state index contributed by atoms with van der Waals surface area (Å²) in [6.07, 6.45) is 1.65. The van der Waals surface area contributed by atoms with Gasteiger partial charge in [0.2, 0.25) is 0 Å². The standard InChI is InChI=1S/C21H23FN4O.HI/c1-15(27-19-10-4-9-18(22)12-19)13-25-21(23-2)26-14-17-7-3-6-16-8-5-11-24-20(16)17;/h3-12,15H,13-14H2,1-2H3,(H2,23,25,26);1H. The lowest BCUT2D eigenvalue weighted by molar-refractivity contribution is 0.223. The zero-order valence-corrected chi connectivity index (χ0v) is 18.2. The Kier molecular flexibility index (Phi) is 8.43. The Balaban J connectivity index is 0.00000280. The molecule has 5 nitrogen and oxygen atoms in total. The lowest BCUT2D eigenvalue weighted by atomic mass is 10.1. The second-order valence-electron chi connectivity index (χ2n) is 6.18. The predicted octanol–water partition coefficient (Wildman–Crippen LogP) is 4.12. The van der Waals surface area contributed by atoms with Crippen molar-refractivity contribution >= 4 is 40.8 Å². The number of pyridine rings is 1. The van der Waals surface area contributed by atoms with E-state index in [-0.39, 0.29) is 35.9 Å². The van der Waals surface area contributed by atoms with E-state index in [1.165, 1.54) is 12.1 Å². The molecular weight excluding hydrogens is 470 g/mol. The van der Waals surface area contributed by atoms with Gasteiger partial charge in [-0.15, -0.1) is 24.0 Å². The quantitative estimate of drug-likeness (QED) is 0.308. The fraction of sp³-hybridized carbons (Fsp3) is 0.238. The number of fused-ring (bicyclic) bond motifs is 1. The van der Waals surface area contributed by atoms with Crippen molar-refractivity contribution in [3.05, 3.63) is 72.2 Å². The topological polar surface area (TPSA) is 58.5 Å². The summed E-state index contributed by atoms with van der Waals surface area (Å²) in [5, 5.41) is 7.62. The summed E-state index contributed by atoms with van der Waals surface area (Å²) in [4.78, 5) is 8.70. The lowest BCUT2D eigenvalue weighted by Crippen LogP contribution is -2.41. The van der Waals surface area contributed by atoms with Crippen molar-refractivity contribution in [2.45, 2.75) is 19.6 Å². The molecule has 3 rings (SSSR count). The zero-order valence-electron chi connectivity index (χ0n) is 15.9. The highest BCUT2D eigenvalue weighted by Gasteiger charge is 2.07. The highest BCUT2D eigenvalue weighted by molar-refractivity contribution is 14.0. The molecule has 3 aromatic rings. The number of para-hydroxylation sites is 1. The first kappa shape index (κ1) is 21.9. The minimum atomic E-state index is -0.311. The molecule has 0 radical (unpaired) electrons. The molecule has 2 N–H and O–H groups in total. The minimum Gasteiger partial charge on any atom is -0.489 e. The Labute approximate surface area is 181 Å². The van der Waals surface area contributed by atoms with Gasteiger partial charge in [0, 0.05) is 31.2 Å². The van der Waals surface area contributed by atoms with E-state index >= 15 is 0 Å². The van der Waals surface area contributed by atoms with Crippen LogP contribution in [0.3, 0.4) is 0 Å². The molecule has 28 heavy (non-hydrogen) atoms. The fourth-order valence-corrected chi connectivity index (χ4v) is 2.76. The van der Waals surface area contributed by atoms with Crippen molar-refractivity contribution in [1.82, 2.24) is 15.6 Å². The van der Waals surface area contributed by atoms with E-state index in [0.717, 1.165) is 16.5 Å². The molecule has 0 fully saturated rings. The van der Waals surface area contributed by atoms with Gasteiger partial charge < -0.3 is 15.4 Å². The third-order valence-corrected chi connectivity index (χ3v) is 4.08. The average molecular weight is 494 g/mol. The average Bonchev–Trinajstić information content (AvgIpc) is 2.68. The minimum absolute atomic E-state index is 0. The monoisotopic (exact) mass is 494 g/mol. The van der Waals surface area contributed by atoms with Crippen LogP contribution in [0.4, 0.5) is 4.39 Å². The number of nitrogens with one attached hydrogen (secondary N) is 2. The van der Waals surface area contributed by atoms with E-state index in [9.17, 15) is 4.39 Å². The molecule has 1 aromatic heterocycles. The van der Waals surface area contributed by atoms with Crippen LogP contribution in [-0.2, 0) is 6.54 Å². The normalized spacial score (nSPS) is 12.2. The van der Waals surface area contributed by atoms with Gasteiger partial charge in [-0.25, -0.2) is 4.39 Å². The Morgan fingerprint density at radius 3 is 2.71 bits per heavy atom. The van der Waals surface area contributed by atoms with E-state index in [0.29, 0.717) is 24.8 Å². The molecule has 148 valence electrons. The van der Waals surface area contributed by atoms with Crippen molar-refractivity contribution in [1.29, 1.82) is 0 Å². The number of benzene rings is 2. The Morgan fingerprint density at radius 2 is 1.93 bits per heavy atom. The number of aliphatic imine (C=N–C) groups is 1. The van der Waals surface area contributed by atoms with E-state index in [4.69, 9.17) is 4.74 Å². The second-order valence-corrected chi connectivity index (χ2v) is 6.18. The molecule has 0 saturated heterocycles. The van der Waals surface area contributed by atoms with Gasteiger partial charge in [-0.05, 0) is 30.7 Å². The molecule has 2 aromatic carbocycles. The van der Waals surface area contributed by atoms with Gasteiger partial charge in [-0.1, -0.05) is 30.3 Å². The second kappa shape index (κ2) is 10.8. The Hall–Kier alpha value is -2.42. The number of aromatic nitrogens is 1. The van der Waals surface area contributed by atoms with Gasteiger partial charge in [-0.2, -0.15) is 0 Å². The van der Waals surface area contributed by atoms with Gasteiger partial charge in [0.1, 0.15) is 17.7 Å². The first-order chi connectivity index (χ1) is 13.2. The largest absolute Gasteiger partial charge is 0.489 e. The molecule has 0 spiro atoms. The van der Waals surface area contributed by atoms with E-state index in [1.807, 2.05) is 37.3 Å². The molecule has 0 amide bonds.